The van der Waals surface area contributed by atoms with Crippen molar-refractivity contribution in [1.29, 1.82) is 0 Å². The summed E-state index contributed by atoms with van der Waals surface area (Å²) >= 11 is 7.62. The van der Waals surface area contributed by atoms with Crippen LogP contribution in [0, 0.1) is 20.8 Å². The van der Waals surface area contributed by atoms with Crippen molar-refractivity contribution in [3.8, 4) is 0 Å². The van der Waals surface area contributed by atoms with E-state index in [9.17, 15) is 0 Å². The van der Waals surface area contributed by atoms with E-state index in [1.165, 1.54) is 4.88 Å². The van der Waals surface area contributed by atoms with Crippen LogP contribution in [0.5, 0.6) is 0 Å². The van der Waals surface area contributed by atoms with E-state index in [0.717, 1.165) is 33.1 Å². The lowest BCUT2D eigenvalue weighted by molar-refractivity contribution is 0.392. The maximum atomic E-state index is 6.02. The molecule has 0 aromatic carbocycles. The summed E-state index contributed by atoms with van der Waals surface area (Å²) in [6, 6.07) is 2.09. The first-order chi connectivity index (χ1) is 9.95. The van der Waals surface area contributed by atoms with Gasteiger partial charge in [0.1, 0.15) is 16.4 Å². The topological polar surface area (TPSA) is 63.8 Å². The number of nitrogens with zero attached hydrogens (tertiary/aromatic N) is 3. The molecule has 0 aliphatic heterocycles. The molecular formula is C14H15ClN4OS. The molecule has 3 aromatic heterocycles. The van der Waals surface area contributed by atoms with Crippen LogP contribution >= 0.6 is 22.9 Å². The highest BCUT2D eigenvalue weighted by Gasteiger charge is 2.18. The Bertz CT molecular complexity index is 791. The van der Waals surface area contributed by atoms with Gasteiger partial charge in [-0.1, -0.05) is 5.16 Å². The van der Waals surface area contributed by atoms with Crippen molar-refractivity contribution in [2.45, 2.75) is 33.7 Å². The van der Waals surface area contributed by atoms with E-state index >= 15 is 0 Å². The highest BCUT2D eigenvalue weighted by atomic mass is 35.5. The molecule has 1 atom stereocenters. The molecule has 21 heavy (non-hydrogen) atoms. The van der Waals surface area contributed by atoms with E-state index in [-0.39, 0.29) is 11.3 Å². The minimum absolute atomic E-state index is 0.0191. The third-order valence-corrected chi connectivity index (χ3v) is 4.48. The molecule has 5 nitrogen and oxygen atoms in total. The molecule has 0 aliphatic rings. The number of aromatic nitrogens is 3. The van der Waals surface area contributed by atoms with Gasteiger partial charge in [-0.2, -0.15) is 0 Å². The fraction of sp³-hybridized carbons (Fsp3) is 0.357. The molecule has 110 valence electrons. The average Bonchev–Trinajstić information content (AvgIpc) is 2.91. The van der Waals surface area contributed by atoms with Crippen LogP contribution in [0.4, 0.5) is 5.82 Å². The molecule has 0 aliphatic carbocycles. The van der Waals surface area contributed by atoms with Crippen molar-refractivity contribution in [1.82, 2.24) is 15.1 Å². The molecule has 0 fully saturated rings. The zero-order chi connectivity index (χ0) is 15.1. The lowest BCUT2D eigenvalue weighted by atomic mass is 10.1. The zero-order valence-electron chi connectivity index (χ0n) is 12.2. The largest absolute Gasteiger partial charge is 0.363 e. The molecule has 0 saturated carbocycles. The van der Waals surface area contributed by atoms with Gasteiger partial charge in [-0.05, 0) is 45.4 Å². The first kappa shape index (κ1) is 14.3. The number of aryl methyl sites for hydroxylation is 3. The van der Waals surface area contributed by atoms with Crippen molar-refractivity contribution in [3.05, 3.63) is 33.2 Å². The van der Waals surface area contributed by atoms with E-state index in [2.05, 4.69) is 26.5 Å². The van der Waals surface area contributed by atoms with Gasteiger partial charge < -0.3 is 9.84 Å². The fourth-order valence-electron chi connectivity index (χ4n) is 2.51. The molecule has 3 heterocycles. The van der Waals surface area contributed by atoms with Gasteiger partial charge in [-0.15, -0.1) is 11.3 Å². The van der Waals surface area contributed by atoms with Crippen molar-refractivity contribution in [2.24, 2.45) is 0 Å². The molecule has 3 rings (SSSR count). The summed E-state index contributed by atoms with van der Waals surface area (Å²) < 4.78 is 5.22. The normalized spacial score (nSPS) is 12.8. The van der Waals surface area contributed by atoms with Gasteiger partial charge in [0.15, 0.2) is 0 Å². The van der Waals surface area contributed by atoms with Gasteiger partial charge >= 0.3 is 0 Å². The molecule has 0 radical (unpaired) electrons. The van der Waals surface area contributed by atoms with Gasteiger partial charge in [-0.3, -0.25) is 0 Å². The Kier molecular flexibility index (Phi) is 3.59. The average molecular weight is 323 g/mol. The first-order valence-electron chi connectivity index (χ1n) is 6.58. The molecule has 1 N–H and O–H groups in total. The number of hydrogen-bond acceptors (Lipinski definition) is 6. The first-order valence-corrected chi connectivity index (χ1v) is 7.78. The van der Waals surface area contributed by atoms with E-state index in [1.54, 1.807) is 11.3 Å². The third kappa shape index (κ3) is 2.61. The molecule has 0 spiro atoms. The molecule has 0 saturated heterocycles. The standard InChI is InChI=1S/C14H15ClN4OS/c1-6-5-10-12(17-14(15)18-13(10)21-6)16-7(2)11-8(3)19-20-9(11)4/h5,7H,1-4H3,(H,16,17,18). The van der Waals surface area contributed by atoms with Gasteiger partial charge in [0.05, 0.1) is 17.1 Å². The Hall–Kier alpha value is -1.66. The van der Waals surface area contributed by atoms with Crippen LogP contribution in [0.25, 0.3) is 10.2 Å². The summed E-state index contributed by atoms with van der Waals surface area (Å²) in [5.41, 5.74) is 1.93. The predicted molar refractivity (Wildman–Crippen MR) is 85.2 cm³/mol. The molecule has 7 heteroatoms. The van der Waals surface area contributed by atoms with E-state index in [4.69, 9.17) is 16.1 Å². The maximum Gasteiger partial charge on any atom is 0.225 e. The SMILES string of the molecule is Cc1cc2c(NC(C)c3c(C)noc3C)nc(Cl)nc2s1. The van der Waals surface area contributed by atoms with Crippen LogP contribution in [0.15, 0.2) is 10.6 Å². The molecule has 1 unspecified atom stereocenters. The third-order valence-electron chi connectivity index (χ3n) is 3.36. The summed E-state index contributed by atoms with van der Waals surface area (Å²) in [6.07, 6.45) is 0. The van der Waals surface area contributed by atoms with Crippen molar-refractivity contribution < 1.29 is 4.52 Å². The van der Waals surface area contributed by atoms with Gasteiger partial charge in [0.25, 0.3) is 0 Å². The molecule has 0 amide bonds. The number of thiophene rings is 1. The van der Waals surface area contributed by atoms with Crippen molar-refractivity contribution >= 4 is 39.0 Å². The monoisotopic (exact) mass is 322 g/mol. The minimum Gasteiger partial charge on any atom is -0.363 e. The summed E-state index contributed by atoms with van der Waals surface area (Å²) in [7, 11) is 0. The summed E-state index contributed by atoms with van der Waals surface area (Å²) in [6.45, 7) is 7.93. The Morgan fingerprint density at radius 2 is 2.05 bits per heavy atom. The van der Waals surface area contributed by atoms with Crippen LogP contribution in [0.1, 0.15) is 34.9 Å². The van der Waals surface area contributed by atoms with Gasteiger partial charge in [-0.25, -0.2) is 9.97 Å². The number of rotatable bonds is 3. The van der Waals surface area contributed by atoms with Crippen molar-refractivity contribution in [2.75, 3.05) is 5.32 Å². The lowest BCUT2D eigenvalue weighted by Crippen LogP contribution is -2.10. The highest BCUT2D eigenvalue weighted by molar-refractivity contribution is 7.18. The van der Waals surface area contributed by atoms with Crippen LogP contribution in [0.3, 0.4) is 0 Å². The molecule has 3 aromatic rings. The van der Waals surface area contributed by atoms with E-state index in [0.29, 0.717) is 0 Å². The molecular weight excluding hydrogens is 308 g/mol. The van der Waals surface area contributed by atoms with Crippen LogP contribution in [-0.4, -0.2) is 15.1 Å². The predicted octanol–water partition coefficient (Wildman–Crippen LogP) is 4.43. The number of fused-ring (bicyclic) bond motifs is 1. The van der Waals surface area contributed by atoms with Crippen LogP contribution in [-0.2, 0) is 0 Å². The zero-order valence-corrected chi connectivity index (χ0v) is 13.8. The summed E-state index contributed by atoms with van der Waals surface area (Å²) in [5, 5.41) is 8.62. The number of halogens is 1. The van der Waals surface area contributed by atoms with Gasteiger partial charge in [0.2, 0.25) is 5.28 Å². The smallest absolute Gasteiger partial charge is 0.225 e. The second-order valence-electron chi connectivity index (χ2n) is 5.02. The lowest BCUT2D eigenvalue weighted by Gasteiger charge is -2.15. The van der Waals surface area contributed by atoms with Crippen LogP contribution < -0.4 is 5.32 Å². The fourth-order valence-corrected chi connectivity index (χ4v) is 3.61. The summed E-state index contributed by atoms with van der Waals surface area (Å²) in [5.74, 6) is 1.55. The molecule has 0 bridgehead atoms. The quantitative estimate of drug-likeness (QED) is 0.723. The Labute approximate surface area is 131 Å². The summed E-state index contributed by atoms with van der Waals surface area (Å²) in [4.78, 5) is 10.7. The second-order valence-corrected chi connectivity index (χ2v) is 6.59. The number of hydrogen-bond donors (Lipinski definition) is 1. The van der Waals surface area contributed by atoms with Crippen LogP contribution in [0.2, 0.25) is 5.28 Å². The number of anilines is 1. The van der Waals surface area contributed by atoms with E-state index < -0.39 is 0 Å². The van der Waals surface area contributed by atoms with Gasteiger partial charge in [0, 0.05) is 10.4 Å². The number of nitrogens with one attached hydrogen (secondary N) is 1. The Morgan fingerprint density at radius 1 is 1.29 bits per heavy atom. The van der Waals surface area contributed by atoms with Crippen molar-refractivity contribution in [3.63, 3.8) is 0 Å². The Morgan fingerprint density at radius 3 is 2.71 bits per heavy atom. The Balaban J connectivity index is 2.01. The maximum absolute atomic E-state index is 6.02. The van der Waals surface area contributed by atoms with E-state index in [1.807, 2.05) is 27.7 Å². The second kappa shape index (κ2) is 5.27. The highest BCUT2D eigenvalue weighted by Crippen LogP contribution is 2.32. The minimum atomic E-state index is 0.0191.